The maximum Gasteiger partial charge on any atom is 0.274 e. The average molecular weight is 509 g/mol. The number of pyridine rings is 1. The van der Waals surface area contributed by atoms with Gasteiger partial charge in [-0.2, -0.15) is 0 Å². The number of para-hydroxylation sites is 1. The van der Waals surface area contributed by atoms with Crippen molar-refractivity contribution in [2.45, 2.75) is 52.3 Å². The lowest BCUT2D eigenvalue weighted by Crippen LogP contribution is -2.37. The van der Waals surface area contributed by atoms with Crippen molar-refractivity contribution in [2.75, 3.05) is 19.4 Å². The zero-order chi connectivity index (χ0) is 27.3. The highest BCUT2D eigenvalue weighted by Gasteiger charge is 2.26. The van der Waals surface area contributed by atoms with Crippen LogP contribution in [0.4, 0.5) is 5.69 Å². The number of hydrogen-bond donors (Lipinski definition) is 4. The molecular weight excluding hydrogens is 472 g/mol. The standard InChI is InChI=1S/C27H36N6O4/c1-27(2,3)24(35)17-10-8-12-19-23(17)31-21(29-19)16-33-15-9-13-20(26(33)37)30-25(36)18(28)11-6-7-14-22(34)32(4)5/h7-10,12-15,18,24,35H,6,11,16,28H2,1-5H3,(H,29,31)(H,30,36). The molecule has 0 spiro atoms. The van der Waals surface area contributed by atoms with Gasteiger partial charge in [-0.05, 0) is 42.5 Å². The molecule has 2 atom stereocenters. The normalized spacial score (nSPS) is 13.6. The van der Waals surface area contributed by atoms with Crippen molar-refractivity contribution in [1.82, 2.24) is 19.4 Å². The Morgan fingerprint density at radius 2 is 1.97 bits per heavy atom. The molecule has 0 saturated heterocycles. The van der Waals surface area contributed by atoms with E-state index in [-0.39, 0.29) is 23.6 Å². The first-order valence-electron chi connectivity index (χ1n) is 12.2. The molecule has 1 aromatic carbocycles. The fourth-order valence-corrected chi connectivity index (χ4v) is 3.75. The largest absolute Gasteiger partial charge is 0.388 e. The number of benzene rings is 1. The monoisotopic (exact) mass is 508 g/mol. The lowest BCUT2D eigenvalue weighted by Gasteiger charge is -2.26. The summed E-state index contributed by atoms with van der Waals surface area (Å²) >= 11 is 0. The lowest BCUT2D eigenvalue weighted by molar-refractivity contribution is -0.123. The number of imidazole rings is 1. The van der Waals surface area contributed by atoms with E-state index < -0.39 is 23.6 Å². The molecule has 0 aliphatic rings. The van der Waals surface area contributed by atoms with Crippen LogP contribution in [0, 0.1) is 5.41 Å². The molecule has 0 bridgehead atoms. The van der Waals surface area contributed by atoms with Crippen LogP contribution in [0.2, 0.25) is 0 Å². The van der Waals surface area contributed by atoms with E-state index in [0.29, 0.717) is 24.2 Å². The number of nitrogens with two attached hydrogens (primary N) is 1. The number of aliphatic hydroxyl groups excluding tert-OH is 1. The first kappa shape index (κ1) is 27.8. The van der Waals surface area contributed by atoms with Crippen LogP contribution in [0.1, 0.15) is 51.1 Å². The number of carbonyl (C=O) groups is 2. The minimum atomic E-state index is -0.838. The molecule has 198 valence electrons. The molecule has 0 aliphatic heterocycles. The number of aliphatic hydroxyl groups is 1. The smallest absolute Gasteiger partial charge is 0.274 e. The first-order valence-corrected chi connectivity index (χ1v) is 12.2. The van der Waals surface area contributed by atoms with E-state index in [2.05, 4.69) is 15.3 Å². The summed E-state index contributed by atoms with van der Waals surface area (Å²) < 4.78 is 1.44. The van der Waals surface area contributed by atoms with Gasteiger partial charge in [0.25, 0.3) is 5.56 Å². The Balaban J connectivity index is 1.71. The van der Waals surface area contributed by atoms with Crippen LogP contribution in [0.15, 0.2) is 53.5 Å². The predicted octanol–water partition coefficient (Wildman–Crippen LogP) is 2.54. The molecular formula is C27H36N6O4. The second-order valence-electron chi connectivity index (χ2n) is 10.4. The molecule has 2 unspecified atom stereocenters. The summed E-state index contributed by atoms with van der Waals surface area (Å²) in [6, 6.07) is 7.93. The SMILES string of the molecule is CN(C)C(=O)C=CCCC(N)C(=O)Nc1cccn(Cc2nc3c(C(O)C(C)(C)C)cccc3[nH]2)c1=O. The van der Waals surface area contributed by atoms with Crippen molar-refractivity contribution >= 4 is 28.5 Å². The van der Waals surface area contributed by atoms with Crippen LogP contribution in [0.25, 0.3) is 11.0 Å². The Bertz CT molecular complexity index is 1350. The fraction of sp³-hybridized carbons (Fsp3) is 0.407. The van der Waals surface area contributed by atoms with Crippen LogP contribution >= 0.6 is 0 Å². The summed E-state index contributed by atoms with van der Waals surface area (Å²) in [5.74, 6) is -0.0782. The van der Waals surface area contributed by atoms with Gasteiger partial charge < -0.3 is 30.6 Å². The quantitative estimate of drug-likeness (QED) is 0.327. The summed E-state index contributed by atoms with van der Waals surface area (Å²) in [7, 11) is 3.31. The van der Waals surface area contributed by atoms with Crippen LogP contribution < -0.4 is 16.6 Å². The Morgan fingerprint density at radius 3 is 2.65 bits per heavy atom. The first-order chi connectivity index (χ1) is 17.4. The summed E-state index contributed by atoms with van der Waals surface area (Å²) in [5.41, 5.74) is 7.48. The molecule has 2 aromatic heterocycles. The molecule has 10 nitrogen and oxygen atoms in total. The number of allylic oxidation sites excluding steroid dienone is 1. The van der Waals surface area contributed by atoms with Crippen LogP contribution in [0.3, 0.4) is 0 Å². The van der Waals surface area contributed by atoms with Crippen molar-refractivity contribution in [3.63, 3.8) is 0 Å². The molecule has 2 heterocycles. The number of likely N-dealkylation sites (N-methyl/N-ethyl adjacent to an activating group) is 1. The number of carbonyl (C=O) groups excluding carboxylic acids is 2. The number of rotatable bonds is 9. The van der Waals surface area contributed by atoms with Gasteiger partial charge in [-0.15, -0.1) is 0 Å². The van der Waals surface area contributed by atoms with Gasteiger partial charge in [0, 0.05) is 25.9 Å². The molecule has 2 amide bonds. The summed E-state index contributed by atoms with van der Waals surface area (Å²) in [4.78, 5) is 46.5. The molecule has 5 N–H and O–H groups in total. The van der Waals surface area contributed by atoms with Crippen molar-refractivity contribution in [3.8, 4) is 0 Å². The number of nitrogens with one attached hydrogen (secondary N) is 2. The van der Waals surface area contributed by atoms with Crippen molar-refractivity contribution in [1.29, 1.82) is 0 Å². The third-order valence-corrected chi connectivity index (χ3v) is 5.99. The van der Waals surface area contributed by atoms with Crippen LogP contribution in [-0.4, -0.2) is 56.5 Å². The number of fused-ring (bicyclic) bond motifs is 1. The zero-order valence-corrected chi connectivity index (χ0v) is 22.0. The molecule has 0 aliphatic carbocycles. The Morgan fingerprint density at radius 1 is 1.24 bits per heavy atom. The van der Waals surface area contributed by atoms with Gasteiger partial charge in [0.2, 0.25) is 11.8 Å². The van der Waals surface area contributed by atoms with Gasteiger partial charge in [0.05, 0.1) is 29.7 Å². The van der Waals surface area contributed by atoms with Crippen molar-refractivity contribution in [2.24, 2.45) is 11.1 Å². The molecule has 37 heavy (non-hydrogen) atoms. The highest BCUT2D eigenvalue weighted by molar-refractivity contribution is 5.94. The van der Waals surface area contributed by atoms with Crippen molar-refractivity contribution in [3.05, 3.63) is 70.4 Å². The Labute approximate surface area is 216 Å². The van der Waals surface area contributed by atoms with Gasteiger partial charge >= 0.3 is 0 Å². The van der Waals surface area contributed by atoms with E-state index in [1.54, 1.807) is 32.4 Å². The molecule has 0 radical (unpaired) electrons. The molecule has 10 heteroatoms. The average Bonchev–Trinajstić information content (AvgIpc) is 3.25. The number of nitrogens with zero attached hydrogens (tertiary/aromatic N) is 3. The molecule has 0 fully saturated rings. The van der Waals surface area contributed by atoms with Crippen LogP contribution in [-0.2, 0) is 16.1 Å². The summed E-state index contributed by atoms with van der Waals surface area (Å²) in [5, 5.41) is 13.4. The number of H-pyrrole nitrogens is 1. The van der Waals surface area contributed by atoms with E-state index >= 15 is 0 Å². The fourth-order valence-electron chi connectivity index (χ4n) is 3.75. The second-order valence-corrected chi connectivity index (χ2v) is 10.4. The second kappa shape index (κ2) is 11.5. The van der Waals surface area contributed by atoms with Gasteiger partial charge in [-0.3, -0.25) is 14.4 Å². The number of amides is 2. The number of anilines is 1. The summed E-state index contributed by atoms with van der Waals surface area (Å²) in [6.45, 7) is 6.02. The van der Waals surface area contributed by atoms with Gasteiger partial charge in [-0.1, -0.05) is 39.0 Å². The molecule has 3 aromatic rings. The topological polar surface area (TPSA) is 146 Å². The van der Waals surface area contributed by atoms with E-state index in [0.717, 1.165) is 11.1 Å². The predicted molar refractivity (Wildman–Crippen MR) is 144 cm³/mol. The third kappa shape index (κ3) is 6.93. The highest BCUT2D eigenvalue weighted by Crippen LogP contribution is 2.35. The van der Waals surface area contributed by atoms with E-state index in [1.807, 2.05) is 39.0 Å². The van der Waals surface area contributed by atoms with Crippen LogP contribution in [0.5, 0.6) is 0 Å². The van der Waals surface area contributed by atoms with E-state index in [9.17, 15) is 19.5 Å². The highest BCUT2D eigenvalue weighted by atomic mass is 16.3. The Kier molecular flexibility index (Phi) is 8.67. The van der Waals surface area contributed by atoms with Gasteiger partial charge in [0.15, 0.2) is 0 Å². The van der Waals surface area contributed by atoms with E-state index in [4.69, 9.17) is 5.73 Å². The van der Waals surface area contributed by atoms with Crippen molar-refractivity contribution < 1.29 is 14.7 Å². The third-order valence-electron chi connectivity index (χ3n) is 5.99. The van der Waals surface area contributed by atoms with Gasteiger partial charge in [0.1, 0.15) is 11.5 Å². The minimum Gasteiger partial charge on any atom is -0.388 e. The number of hydrogen-bond acceptors (Lipinski definition) is 6. The number of aromatic nitrogens is 3. The maximum atomic E-state index is 13.0. The molecule has 3 rings (SSSR count). The number of aromatic amines is 1. The minimum absolute atomic E-state index is 0.112. The van der Waals surface area contributed by atoms with E-state index in [1.165, 1.54) is 21.6 Å². The zero-order valence-electron chi connectivity index (χ0n) is 22.0. The summed E-state index contributed by atoms with van der Waals surface area (Å²) in [6.07, 6.45) is 4.79. The Hall–Kier alpha value is -3.76. The lowest BCUT2D eigenvalue weighted by atomic mass is 9.84. The maximum absolute atomic E-state index is 13.0. The molecule has 0 saturated carbocycles. The van der Waals surface area contributed by atoms with Gasteiger partial charge in [-0.25, -0.2) is 4.98 Å².